The molecule has 8 heteroatoms. The van der Waals surface area contributed by atoms with E-state index >= 15 is 0 Å². The highest BCUT2D eigenvalue weighted by Crippen LogP contribution is 2.27. The minimum atomic E-state index is -0.427. The Morgan fingerprint density at radius 1 is 0.667 bits per heavy atom. The first kappa shape index (κ1) is 19.8. The lowest BCUT2D eigenvalue weighted by Crippen LogP contribution is -2.15. The molecule has 0 spiro atoms. The van der Waals surface area contributed by atoms with Crippen molar-refractivity contribution in [1.82, 2.24) is 0 Å². The summed E-state index contributed by atoms with van der Waals surface area (Å²) in [6.45, 7) is 2.71. The number of hydrogen-bond donors (Lipinski definition) is 3. The number of anilines is 3. The zero-order valence-electron chi connectivity index (χ0n) is 15.5. The molecule has 0 radical (unpaired) electrons. The molecule has 0 aromatic heterocycles. The molecule has 0 aliphatic rings. The predicted octanol–water partition coefficient (Wildman–Crippen LogP) is 2.87. The second-order valence-corrected chi connectivity index (χ2v) is 5.72. The summed E-state index contributed by atoms with van der Waals surface area (Å²) in [7, 11) is 3.02. The second kappa shape index (κ2) is 8.70. The van der Waals surface area contributed by atoms with Crippen LogP contribution in [0.1, 0.15) is 24.2 Å². The fourth-order valence-corrected chi connectivity index (χ4v) is 2.39. The van der Waals surface area contributed by atoms with E-state index in [0.29, 0.717) is 28.6 Å². The molecule has 8 nitrogen and oxygen atoms in total. The van der Waals surface area contributed by atoms with E-state index in [9.17, 15) is 14.4 Å². The van der Waals surface area contributed by atoms with E-state index in [1.807, 2.05) is 0 Å². The standard InChI is InChI=1S/C19H21N3O5/c1-11(23)20-14-5-13(6-15(7-14)21-12(2)24)19(25)22-16-8-17(26-3)10-18(9-16)27-4/h5-10H,1-4H3,(H,20,23)(H,21,24)(H,22,25). The van der Waals surface area contributed by atoms with E-state index in [-0.39, 0.29) is 17.4 Å². The monoisotopic (exact) mass is 371 g/mol. The number of hydrogen-bond acceptors (Lipinski definition) is 5. The van der Waals surface area contributed by atoms with Crippen LogP contribution < -0.4 is 25.4 Å². The lowest BCUT2D eigenvalue weighted by Gasteiger charge is -2.12. The van der Waals surface area contributed by atoms with Crippen molar-refractivity contribution >= 4 is 34.8 Å². The van der Waals surface area contributed by atoms with E-state index in [1.165, 1.54) is 40.2 Å². The minimum Gasteiger partial charge on any atom is -0.497 e. The van der Waals surface area contributed by atoms with E-state index in [2.05, 4.69) is 16.0 Å². The zero-order chi connectivity index (χ0) is 20.0. The molecule has 2 rings (SSSR count). The summed E-state index contributed by atoms with van der Waals surface area (Å²) >= 11 is 0. The van der Waals surface area contributed by atoms with Crippen molar-refractivity contribution in [3.8, 4) is 11.5 Å². The molecular weight excluding hydrogens is 350 g/mol. The fourth-order valence-electron chi connectivity index (χ4n) is 2.39. The minimum absolute atomic E-state index is 0.256. The molecule has 27 heavy (non-hydrogen) atoms. The molecule has 0 aliphatic carbocycles. The molecule has 0 saturated carbocycles. The first-order valence-electron chi connectivity index (χ1n) is 8.05. The summed E-state index contributed by atoms with van der Waals surface area (Å²) in [4.78, 5) is 35.3. The Hall–Kier alpha value is -3.55. The molecule has 0 unspecified atom stereocenters. The van der Waals surface area contributed by atoms with Gasteiger partial charge in [0.05, 0.1) is 14.2 Å². The van der Waals surface area contributed by atoms with Crippen molar-refractivity contribution in [2.75, 3.05) is 30.2 Å². The van der Waals surface area contributed by atoms with Gasteiger partial charge < -0.3 is 25.4 Å². The number of nitrogens with one attached hydrogen (secondary N) is 3. The first-order chi connectivity index (χ1) is 12.8. The third-order valence-corrected chi connectivity index (χ3v) is 3.45. The third-order valence-electron chi connectivity index (χ3n) is 3.45. The van der Waals surface area contributed by atoms with E-state index in [0.717, 1.165) is 0 Å². The van der Waals surface area contributed by atoms with Gasteiger partial charge in [-0.05, 0) is 18.2 Å². The summed E-state index contributed by atoms with van der Waals surface area (Å²) in [6.07, 6.45) is 0. The van der Waals surface area contributed by atoms with Gasteiger partial charge in [-0.15, -0.1) is 0 Å². The molecule has 2 aromatic rings. The Morgan fingerprint density at radius 2 is 1.11 bits per heavy atom. The molecule has 0 saturated heterocycles. The topological polar surface area (TPSA) is 106 Å². The average molecular weight is 371 g/mol. The third kappa shape index (κ3) is 5.74. The van der Waals surface area contributed by atoms with E-state index in [4.69, 9.17) is 9.47 Å². The highest BCUT2D eigenvalue weighted by molar-refractivity contribution is 6.07. The Bertz CT molecular complexity index is 823. The first-order valence-corrected chi connectivity index (χ1v) is 8.05. The van der Waals surface area contributed by atoms with Crippen LogP contribution in [-0.4, -0.2) is 31.9 Å². The van der Waals surface area contributed by atoms with Crippen LogP contribution >= 0.6 is 0 Å². The normalized spacial score (nSPS) is 9.93. The van der Waals surface area contributed by atoms with Gasteiger partial charge in [0.2, 0.25) is 11.8 Å². The summed E-state index contributed by atoms with van der Waals surface area (Å²) in [5, 5.41) is 7.95. The van der Waals surface area contributed by atoms with Crippen LogP contribution in [0.4, 0.5) is 17.1 Å². The van der Waals surface area contributed by atoms with Crippen LogP contribution in [0.3, 0.4) is 0 Å². The van der Waals surface area contributed by atoms with E-state index in [1.54, 1.807) is 24.3 Å². The van der Waals surface area contributed by atoms with Gasteiger partial charge >= 0.3 is 0 Å². The molecule has 142 valence electrons. The van der Waals surface area contributed by atoms with Crippen molar-refractivity contribution in [3.05, 3.63) is 42.0 Å². The van der Waals surface area contributed by atoms with Crippen molar-refractivity contribution in [2.45, 2.75) is 13.8 Å². The summed E-state index contributed by atoms with van der Waals surface area (Å²) in [5.74, 6) is 0.0352. The number of amides is 3. The van der Waals surface area contributed by atoms with Crippen molar-refractivity contribution in [2.24, 2.45) is 0 Å². The number of carbonyl (C=O) groups excluding carboxylic acids is 3. The molecule has 2 aromatic carbocycles. The highest BCUT2D eigenvalue weighted by Gasteiger charge is 2.12. The Balaban J connectivity index is 2.34. The molecule has 0 bridgehead atoms. The smallest absolute Gasteiger partial charge is 0.255 e. The number of ether oxygens (including phenoxy) is 2. The van der Waals surface area contributed by atoms with Crippen molar-refractivity contribution in [3.63, 3.8) is 0 Å². The molecule has 0 heterocycles. The molecule has 0 aliphatic heterocycles. The van der Waals surface area contributed by atoms with Gasteiger partial charge in [0.15, 0.2) is 0 Å². The molecule has 3 N–H and O–H groups in total. The van der Waals surface area contributed by atoms with Gasteiger partial charge in [0.25, 0.3) is 5.91 Å². The van der Waals surface area contributed by atoms with E-state index < -0.39 is 5.91 Å². The Labute approximate surface area is 156 Å². The van der Waals surface area contributed by atoms with Crippen LogP contribution in [0.15, 0.2) is 36.4 Å². The highest BCUT2D eigenvalue weighted by atomic mass is 16.5. The van der Waals surface area contributed by atoms with Gasteiger partial charge in [0.1, 0.15) is 11.5 Å². The lowest BCUT2D eigenvalue weighted by atomic mass is 10.1. The fraction of sp³-hybridized carbons (Fsp3) is 0.211. The maximum Gasteiger partial charge on any atom is 0.255 e. The number of benzene rings is 2. The van der Waals surface area contributed by atoms with Crippen LogP contribution in [-0.2, 0) is 9.59 Å². The predicted molar refractivity (Wildman–Crippen MR) is 103 cm³/mol. The maximum atomic E-state index is 12.7. The van der Waals surface area contributed by atoms with Crippen LogP contribution in [0.5, 0.6) is 11.5 Å². The zero-order valence-corrected chi connectivity index (χ0v) is 15.5. The van der Waals surface area contributed by atoms with Crippen LogP contribution in [0, 0.1) is 0 Å². The largest absolute Gasteiger partial charge is 0.497 e. The van der Waals surface area contributed by atoms with Gasteiger partial charge in [0, 0.05) is 54.7 Å². The Kier molecular flexibility index (Phi) is 6.37. The van der Waals surface area contributed by atoms with Gasteiger partial charge in [-0.2, -0.15) is 0 Å². The van der Waals surface area contributed by atoms with Crippen LogP contribution in [0.2, 0.25) is 0 Å². The molecule has 3 amide bonds. The quantitative estimate of drug-likeness (QED) is 0.724. The van der Waals surface area contributed by atoms with Crippen molar-refractivity contribution < 1.29 is 23.9 Å². The van der Waals surface area contributed by atoms with Crippen molar-refractivity contribution in [1.29, 1.82) is 0 Å². The molecular formula is C19H21N3O5. The second-order valence-electron chi connectivity index (χ2n) is 5.72. The van der Waals surface area contributed by atoms with Gasteiger partial charge in [-0.25, -0.2) is 0 Å². The average Bonchev–Trinajstić information content (AvgIpc) is 2.59. The number of rotatable bonds is 6. The summed E-state index contributed by atoms with van der Waals surface area (Å²) < 4.78 is 10.4. The van der Waals surface area contributed by atoms with Gasteiger partial charge in [-0.1, -0.05) is 0 Å². The lowest BCUT2D eigenvalue weighted by molar-refractivity contribution is -0.115. The van der Waals surface area contributed by atoms with Gasteiger partial charge in [-0.3, -0.25) is 14.4 Å². The number of carbonyl (C=O) groups is 3. The van der Waals surface area contributed by atoms with Crippen LogP contribution in [0.25, 0.3) is 0 Å². The Morgan fingerprint density at radius 3 is 1.52 bits per heavy atom. The molecule has 0 fully saturated rings. The maximum absolute atomic E-state index is 12.7. The molecule has 0 atom stereocenters. The summed E-state index contributed by atoms with van der Waals surface area (Å²) in [6, 6.07) is 9.56. The summed E-state index contributed by atoms with van der Waals surface area (Å²) in [5.41, 5.74) is 1.51. The SMILES string of the molecule is COc1cc(NC(=O)c2cc(NC(C)=O)cc(NC(C)=O)c2)cc(OC)c1. The number of methoxy groups -OCH3 is 2.